The lowest BCUT2D eigenvalue weighted by atomic mass is 10.2. The van der Waals surface area contributed by atoms with Crippen LogP contribution in [0.15, 0.2) is 52.7 Å². The van der Waals surface area contributed by atoms with Crippen molar-refractivity contribution in [1.29, 1.82) is 5.26 Å². The van der Waals surface area contributed by atoms with E-state index in [1.807, 2.05) is 6.07 Å². The molecule has 0 saturated carbocycles. The fourth-order valence-electron chi connectivity index (χ4n) is 3.67. The van der Waals surface area contributed by atoms with E-state index in [9.17, 15) is 18.5 Å². The summed E-state index contributed by atoms with van der Waals surface area (Å²) in [5, 5.41) is 31.8. The van der Waals surface area contributed by atoms with Gasteiger partial charge in [0.2, 0.25) is 0 Å². The Labute approximate surface area is 207 Å². The minimum Gasteiger partial charge on any atom is -0.383 e. The van der Waals surface area contributed by atoms with Gasteiger partial charge in [0.15, 0.2) is 0 Å². The molecular formula is C22H24N8O5S. The van der Waals surface area contributed by atoms with Gasteiger partial charge < -0.3 is 10.1 Å². The Balaban J connectivity index is 1.58. The Morgan fingerprint density at radius 3 is 2.83 bits per heavy atom. The van der Waals surface area contributed by atoms with E-state index >= 15 is 0 Å². The van der Waals surface area contributed by atoms with E-state index < -0.39 is 14.9 Å². The highest BCUT2D eigenvalue weighted by Gasteiger charge is 2.26. The van der Waals surface area contributed by atoms with Crippen molar-refractivity contribution in [2.75, 3.05) is 51.8 Å². The summed E-state index contributed by atoms with van der Waals surface area (Å²) in [6, 6.07) is 8.92. The summed E-state index contributed by atoms with van der Waals surface area (Å²) in [5.74, 6) is 0. The van der Waals surface area contributed by atoms with E-state index in [1.54, 1.807) is 18.3 Å². The number of aromatic nitrogens is 2. The van der Waals surface area contributed by atoms with E-state index in [0.29, 0.717) is 42.9 Å². The number of nitrogens with zero attached hydrogens (tertiary/aromatic N) is 7. The quantitative estimate of drug-likeness (QED) is 0.255. The monoisotopic (exact) mass is 512 g/mol. The molecule has 0 unspecified atom stereocenters. The first-order valence-corrected chi connectivity index (χ1v) is 12.5. The first-order valence-electron chi connectivity index (χ1n) is 11.0. The summed E-state index contributed by atoms with van der Waals surface area (Å²) in [4.78, 5) is 12.6. The van der Waals surface area contributed by atoms with Gasteiger partial charge in [-0.05, 0) is 18.2 Å². The van der Waals surface area contributed by atoms with Crippen LogP contribution in [0.2, 0.25) is 0 Å². The predicted molar refractivity (Wildman–Crippen MR) is 131 cm³/mol. The Morgan fingerprint density at radius 2 is 2.11 bits per heavy atom. The van der Waals surface area contributed by atoms with Gasteiger partial charge in [0.25, 0.3) is 15.7 Å². The van der Waals surface area contributed by atoms with Gasteiger partial charge in [-0.25, -0.2) is 4.52 Å². The van der Waals surface area contributed by atoms with Crippen LogP contribution < -0.4 is 5.32 Å². The molecule has 0 amide bonds. The number of rotatable bonds is 9. The molecule has 3 heterocycles. The second kappa shape index (κ2) is 10.7. The third kappa shape index (κ3) is 5.43. The maximum atomic E-state index is 13.4. The van der Waals surface area contributed by atoms with Crippen molar-refractivity contribution in [2.24, 2.45) is 5.10 Å². The first kappa shape index (κ1) is 25.0. The van der Waals surface area contributed by atoms with Crippen molar-refractivity contribution in [1.82, 2.24) is 18.9 Å². The largest absolute Gasteiger partial charge is 0.383 e. The Kier molecular flexibility index (Phi) is 7.44. The van der Waals surface area contributed by atoms with Crippen molar-refractivity contribution in [3.8, 4) is 6.07 Å². The molecule has 13 nitrogen and oxygen atoms in total. The molecule has 0 atom stereocenters. The third-order valence-corrected chi connectivity index (χ3v) is 7.37. The molecule has 1 aromatic carbocycles. The van der Waals surface area contributed by atoms with Crippen LogP contribution in [0.4, 0.5) is 11.4 Å². The molecule has 0 bridgehead atoms. The average Bonchev–Trinajstić information content (AvgIpc) is 3.29. The van der Waals surface area contributed by atoms with Crippen LogP contribution in [-0.4, -0.2) is 84.9 Å². The molecule has 36 heavy (non-hydrogen) atoms. The topological polar surface area (TPSA) is 158 Å². The minimum absolute atomic E-state index is 0.241. The molecule has 3 aromatic rings. The SMILES string of the molecule is CN(/N=C/c1cnn2ccc(C#N)cc12)S(=O)(=O)c1cc([N+](=O)[O-])ccc1NCCN1CCOCC1. The molecule has 1 aliphatic rings. The van der Waals surface area contributed by atoms with E-state index in [2.05, 4.69) is 20.4 Å². The highest BCUT2D eigenvalue weighted by atomic mass is 32.2. The number of nitrogens with one attached hydrogen (secondary N) is 1. The lowest BCUT2D eigenvalue weighted by Crippen LogP contribution is -2.39. The highest BCUT2D eigenvalue weighted by Crippen LogP contribution is 2.29. The summed E-state index contributed by atoms with van der Waals surface area (Å²) in [6.07, 6.45) is 4.42. The van der Waals surface area contributed by atoms with Gasteiger partial charge in [-0.3, -0.25) is 15.0 Å². The van der Waals surface area contributed by atoms with Crippen molar-refractivity contribution in [3.63, 3.8) is 0 Å². The van der Waals surface area contributed by atoms with E-state index in [-0.39, 0.29) is 16.3 Å². The summed E-state index contributed by atoms with van der Waals surface area (Å²) in [7, 11) is -3.00. The van der Waals surface area contributed by atoms with Gasteiger partial charge in [-0.15, -0.1) is 0 Å². The van der Waals surface area contributed by atoms with Crippen molar-refractivity contribution in [3.05, 3.63) is 64.0 Å². The Hall–Kier alpha value is -4.06. The van der Waals surface area contributed by atoms with Crippen molar-refractivity contribution in [2.45, 2.75) is 4.90 Å². The molecule has 1 aliphatic heterocycles. The third-order valence-electron chi connectivity index (χ3n) is 5.69. The number of sulfonamides is 1. The number of morpholine rings is 1. The second-order valence-electron chi connectivity index (χ2n) is 7.96. The van der Waals surface area contributed by atoms with Crippen LogP contribution in [0.1, 0.15) is 11.1 Å². The number of pyridine rings is 1. The number of nitriles is 1. The van der Waals surface area contributed by atoms with Crippen LogP contribution in [0.3, 0.4) is 0 Å². The molecule has 0 aliphatic carbocycles. The van der Waals surface area contributed by atoms with Gasteiger partial charge in [-0.1, -0.05) is 0 Å². The summed E-state index contributed by atoms with van der Waals surface area (Å²) < 4.78 is 34.4. The number of non-ortho nitro benzene ring substituents is 1. The number of benzene rings is 1. The van der Waals surface area contributed by atoms with Gasteiger partial charge in [0, 0.05) is 57.1 Å². The first-order chi connectivity index (χ1) is 17.3. The standard InChI is InChI=1S/C22H24N8O5S/c1-27(25-15-18-16-26-29-6-4-17(14-23)12-21(18)29)36(33,34)22-13-19(30(31)32)2-3-20(22)24-5-7-28-8-10-35-11-9-28/h2-4,6,12-13,15-16,24H,5,7-11H2,1H3/b25-15+. The zero-order chi connectivity index (χ0) is 25.7. The summed E-state index contributed by atoms with van der Waals surface area (Å²) >= 11 is 0. The van der Waals surface area contributed by atoms with Crippen molar-refractivity contribution >= 4 is 33.1 Å². The minimum atomic E-state index is -4.24. The number of nitro groups is 1. The predicted octanol–water partition coefficient (Wildman–Crippen LogP) is 1.51. The Morgan fingerprint density at radius 1 is 1.33 bits per heavy atom. The molecule has 1 N–H and O–H groups in total. The van der Waals surface area contributed by atoms with E-state index in [4.69, 9.17) is 10.00 Å². The molecule has 0 spiro atoms. The number of fused-ring (bicyclic) bond motifs is 1. The van der Waals surface area contributed by atoms with Gasteiger partial charge in [-0.2, -0.15) is 28.3 Å². The normalized spacial score (nSPS) is 14.7. The summed E-state index contributed by atoms with van der Waals surface area (Å²) in [6.45, 7) is 3.95. The lowest BCUT2D eigenvalue weighted by Gasteiger charge is -2.26. The number of anilines is 1. The van der Waals surface area contributed by atoms with Gasteiger partial charge in [0.05, 0.1) is 53.4 Å². The molecule has 188 valence electrons. The number of hydrogen-bond acceptors (Lipinski definition) is 10. The molecule has 1 saturated heterocycles. The smallest absolute Gasteiger partial charge is 0.281 e. The molecule has 0 radical (unpaired) electrons. The van der Waals surface area contributed by atoms with Gasteiger partial charge in [0.1, 0.15) is 4.90 Å². The lowest BCUT2D eigenvalue weighted by molar-refractivity contribution is -0.385. The van der Waals surface area contributed by atoms with Crippen LogP contribution in [-0.2, 0) is 14.8 Å². The van der Waals surface area contributed by atoms with Crippen molar-refractivity contribution < 1.29 is 18.1 Å². The maximum absolute atomic E-state index is 13.4. The zero-order valence-corrected chi connectivity index (χ0v) is 20.3. The van der Waals surface area contributed by atoms with Crippen LogP contribution in [0, 0.1) is 21.4 Å². The maximum Gasteiger partial charge on any atom is 0.281 e. The van der Waals surface area contributed by atoms with Crippen LogP contribution in [0.25, 0.3) is 5.52 Å². The average molecular weight is 513 g/mol. The second-order valence-corrected chi connectivity index (χ2v) is 9.88. The number of hydrogen-bond donors (Lipinski definition) is 1. The summed E-state index contributed by atoms with van der Waals surface area (Å²) in [5.41, 5.74) is 1.38. The molecule has 2 aromatic heterocycles. The Bertz CT molecular complexity index is 1440. The molecular weight excluding hydrogens is 488 g/mol. The van der Waals surface area contributed by atoms with E-state index in [0.717, 1.165) is 23.6 Å². The zero-order valence-electron chi connectivity index (χ0n) is 19.4. The van der Waals surface area contributed by atoms with Crippen LogP contribution in [0.5, 0.6) is 0 Å². The molecule has 4 rings (SSSR count). The van der Waals surface area contributed by atoms with Gasteiger partial charge >= 0.3 is 0 Å². The number of hydrazone groups is 1. The van der Waals surface area contributed by atoms with E-state index in [1.165, 1.54) is 36.1 Å². The fraction of sp³-hybridized carbons (Fsp3) is 0.318. The molecule has 1 fully saturated rings. The highest BCUT2D eigenvalue weighted by molar-refractivity contribution is 7.89. The van der Waals surface area contributed by atoms with Crippen LogP contribution >= 0.6 is 0 Å². The fourth-order valence-corrected chi connectivity index (χ4v) is 4.82. The molecule has 14 heteroatoms. The number of nitro benzene ring substituents is 1. The number of ether oxygens (including phenoxy) is 1.